The van der Waals surface area contributed by atoms with E-state index in [9.17, 15) is 14.5 Å². The summed E-state index contributed by atoms with van der Waals surface area (Å²) in [5, 5.41) is 10.3. The molecular weight excluding hydrogens is 175 g/mol. The highest BCUT2D eigenvalue weighted by Gasteiger charge is 2.10. The van der Waals surface area contributed by atoms with Crippen LogP contribution in [0.4, 0.5) is 10.1 Å². The van der Waals surface area contributed by atoms with Crippen LogP contribution in [0.2, 0.25) is 0 Å². The second-order valence-corrected chi connectivity index (χ2v) is 2.61. The van der Waals surface area contributed by atoms with Crippen molar-refractivity contribution in [3.8, 4) is 0 Å². The van der Waals surface area contributed by atoms with Gasteiger partial charge in [-0.3, -0.25) is 10.1 Å². The number of nitro groups is 1. The van der Waals surface area contributed by atoms with Crippen LogP contribution in [0, 0.1) is 10.1 Å². The number of hydrogen-bond acceptors (Lipinski definition) is 3. The van der Waals surface area contributed by atoms with E-state index in [0.717, 1.165) is 0 Å². The summed E-state index contributed by atoms with van der Waals surface area (Å²) < 4.78 is 12.1. The first-order valence-corrected chi connectivity index (χ1v) is 3.71. The van der Waals surface area contributed by atoms with Crippen LogP contribution in [0.1, 0.15) is 11.6 Å². The Bertz CT molecular complexity index is 317. The Hall–Kier alpha value is -1.49. The Morgan fingerprint density at radius 3 is 2.85 bits per heavy atom. The summed E-state index contributed by atoms with van der Waals surface area (Å²) >= 11 is 0. The van der Waals surface area contributed by atoms with E-state index in [-0.39, 0.29) is 5.69 Å². The first kappa shape index (κ1) is 9.60. The maximum absolute atomic E-state index is 12.1. The van der Waals surface area contributed by atoms with E-state index in [0.29, 0.717) is 5.56 Å². The summed E-state index contributed by atoms with van der Waals surface area (Å²) in [4.78, 5) is 9.80. The zero-order valence-corrected chi connectivity index (χ0v) is 6.81. The molecular formula is C8H9FN2O2. The molecule has 5 heteroatoms. The van der Waals surface area contributed by atoms with Gasteiger partial charge < -0.3 is 5.73 Å². The number of nitrogens with zero attached hydrogens (tertiary/aromatic N) is 1. The number of non-ortho nitro benzene ring substituents is 1. The zero-order chi connectivity index (χ0) is 9.84. The smallest absolute Gasteiger partial charge is 0.269 e. The number of rotatable bonds is 3. The average molecular weight is 184 g/mol. The molecule has 0 aliphatic rings. The second-order valence-electron chi connectivity index (χ2n) is 2.61. The molecule has 1 aromatic carbocycles. The summed E-state index contributed by atoms with van der Waals surface area (Å²) in [7, 11) is 0. The molecule has 0 aliphatic carbocycles. The van der Waals surface area contributed by atoms with Crippen LogP contribution in [-0.2, 0) is 0 Å². The topological polar surface area (TPSA) is 69.2 Å². The number of nitrogens with two attached hydrogens (primary N) is 1. The number of halogens is 1. The van der Waals surface area contributed by atoms with Gasteiger partial charge in [-0.1, -0.05) is 12.1 Å². The van der Waals surface area contributed by atoms with Crippen molar-refractivity contribution in [3.63, 3.8) is 0 Å². The first-order chi connectivity index (χ1) is 6.15. The van der Waals surface area contributed by atoms with Gasteiger partial charge in [0.25, 0.3) is 5.69 Å². The third-order valence-corrected chi connectivity index (χ3v) is 1.68. The molecule has 0 fully saturated rings. The fourth-order valence-corrected chi connectivity index (χ4v) is 0.958. The molecule has 0 aliphatic heterocycles. The minimum Gasteiger partial charge on any atom is -0.322 e. The van der Waals surface area contributed by atoms with E-state index in [1.807, 2.05) is 0 Å². The minimum absolute atomic E-state index is 0.0681. The van der Waals surface area contributed by atoms with Crippen molar-refractivity contribution >= 4 is 5.69 Å². The highest BCUT2D eigenvalue weighted by atomic mass is 19.1. The number of hydrogen-bond donors (Lipinski definition) is 1. The van der Waals surface area contributed by atoms with Gasteiger partial charge in [0.1, 0.15) is 6.67 Å². The maximum atomic E-state index is 12.1. The van der Waals surface area contributed by atoms with E-state index in [4.69, 9.17) is 5.73 Å². The van der Waals surface area contributed by atoms with Crippen LogP contribution >= 0.6 is 0 Å². The summed E-state index contributed by atoms with van der Waals surface area (Å²) in [6.45, 7) is -0.721. The third kappa shape index (κ3) is 2.22. The van der Waals surface area contributed by atoms with Gasteiger partial charge in [0.15, 0.2) is 0 Å². The first-order valence-electron chi connectivity index (χ1n) is 3.71. The lowest BCUT2D eigenvalue weighted by Gasteiger charge is -2.05. The lowest BCUT2D eigenvalue weighted by molar-refractivity contribution is -0.384. The highest BCUT2D eigenvalue weighted by Crippen LogP contribution is 2.17. The van der Waals surface area contributed by atoms with Crippen molar-refractivity contribution in [3.05, 3.63) is 39.9 Å². The predicted octanol–water partition coefficient (Wildman–Crippen LogP) is 1.56. The fraction of sp³-hybridized carbons (Fsp3) is 0.250. The zero-order valence-electron chi connectivity index (χ0n) is 6.81. The normalized spacial score (nSPS) is 12.5. The van der Waals surface area contributed by atoms with Gasteiger partial charge in [-0.25, -0.2) is 4.39 Å². The van der Waals surface area contributed by atoms with Crippen LogP contribution in [0.15, 0.2) is 24.3 Å². The van der Waals surface area contributed by atoms with Crippen LogP contribution in [0.25, 0.3) is 0 Å². The highest BCUT2D eigenvalue weighted by molar-refractivity contribution is 5.35. The number of alkyl halides is 1. The summed E-state index contributed by atoms with van der Waals surface area (Å²) in [6, 6.07) is 4.90. The molecule has 0 bridgehead atoms. The molecule has 4 nitrogen and oxygen atoms in total. The van der Waals surface area contributed by atoms with Crippen LogP contribution in [-0.4, -0.2) is 11.6 Å². The van der Waals surface area contributed by atoms with E-state index >= 15 is 0 Å². The average Bonchev–Trinajstić information content (AvgIpc) is 2.17. The van der Waals surface area contributed by atoms with Gasteiger partial charge in [0.05, 0.1) is 11.0 Å². The third-order valence-electron chi connectivity index (χ3n) is 1.68. The van der Waals surface area contributed by atoms with Gasteiger partial charge in [0.2, 0.25) is 0 Å². The second kappa shape index (κ2) is 3.95. The van der Waals surface area contributed by atoms with E-state index in [1.54, 1.807) is 6.07 Å². The van der Waals surface area contributed by atoms with Crippen molar-refractivity contribution < 1.29 is 9.31 Å². The van der Waals surface area contributed by atoms with Crippen molar-refractivity contribution in [1.82, 2.24) is 0 Å². The van der Waals surface area contributed by atoms with E-state index in [1.165, 1.54) is 18.2 Å². The van der Waals surface area contributed by atoms with E-state index in [2.05, 4.69) is 0 Å². The molecule has 1 aromatic rings. The van der Waals surface area contributed by atoms with Crippen molar-refractivity contribution in [1.29, 1.82) is 0 Å². The van der Waals surface area contributed by atoms with Crippen molar-refractivity contribution in [2.45, 2.75) is 6.04 Å². The van der Waals surface area contributed by atoms with Gasteiger partial charge in [-0.15, -0.1) is 0 Å². The SMILES string of the molecule is N[C@H](CF)c1cccc([N+](=O)[O-])c1. The van der Waals surface area contributed by atoms with Crippen LogP contribution in [0.3, 0.4) is 0 Å². The van der Waals surface area contributed by atoms with Gasteiger partial charge in [-0.2, -0.15) is 0 Å². The molecule has 2 N–H and O–H groups in total. The molecule has 0 saturated heterocycles. The molecule has 1 rings (SSSR count). The molecule has 0 aromatic heterocycles. The van der Waals surface area contributed by atoms with Gasteiger partial charge in [-0.05, 0) is 5.56 Å². The fourth-order valence-electron chi connectivity index (χ4n) is 0.958. The molecule has 13 heavy (non-hydrogen) atoms. The molecule has 0 saturated carbocycles. The van der Waals surface area contributed by atoms with Crippen LogP contribution in [0.5, 0.6) is 0 Å². The predicted molar refractivity (Wildman–Crippen MR) is 46.0 cm³/mol. The molecule has 1 atom stereocenters. The van der Waals surface area contributed by atoms with E-state index < -0.39 is 17.6 Å². The Balaban J connectivity index is 2.98. The lowest BCUT2D eigenvalue weighted by atomic mass is 10.1. The van der Waals surface area contributed by atoms with Gasteiger partial charge >= 0.3 is 0 Å². The Kier molecular flexibility index (Phi) is 2.92. The Morgan fingerprint density at radius 1 is 1.62 bits per heavy atom. The molecule has 0 spiro atoms. The quantitative estimate of drug-likeness (QED) is 0.572. The summed E-state index contributed by atoms with van der Waals surface area (Å²) in [6.07, 6.45) is 0. The molecule has 0 amide bonds. The Labute approximate surface area is 74.3 Å². The minimum atomic E-state index is -0.778. The van der Waals surface area contributed by atoms with Gasteiger partial charge in [0, 0.05) is 12.1 Å². The molecule has 0 radical (unpaired) electrons. The largest absolute Gasteiger partial charge is 0.322 e. The number of benzene rings is 1. The molecule has 0 unspecified atom stereocenters. The van der Waals surface area contributed by atoms with Crippen molar-refractivity contribution in [2.75, 3.05) is 6.67 Å². The molecule has 0 heterocycles. The maximum Gasteiger partial charge on any atom is 0.269 e. The van der Waals surface area contributed by atoms with Crippen LogP contribution < -0.4 is 5.73 Å². The Morgan fingerprint density at radius 2 is 2.31 bits per heavy atom. The lowest BCUT2D eigenvalue weighted by Crippen LogP contribution is -2.12. The standard InChI is InChI=1S/C8H9FN2O2/c9-5-8(10)6-2-1-3-7(4-6)11(12)13/h1-4,8H,5,10H2/t8-/m1/s1. The number of nitro benzene ring substituents is 1. The summed E-state index contributed by atoms with van der Waals surface area (Å²) in [5.74, 6) is 0. The molecule has 70 valence electrons. The summed E-state index contributed by atoms with van der Waals surface area (Å²) in [5.41, 5.74) is 5.74. The monoisotopic (exact) mass is 184 g/mol. The van der Waals surface area contributed by atoms with Crippen molar-refractivity contribution in [2.24, 2.45) is 5.73 Å².